The van der Waals surface area contributed by atoms with Gasteiger partial charge in [-0.15, -0.1) is 0 Å². The molecular formula is C31H22F8O. The van der Waals surface area contributed by atoms with Gasteiger partial charge < -0.3 is 4.74 Å². The molecule has 9 heteroatoms. The van der Waals surface area contributed by atoms with Crippen molar-refractivity contribution in [2.24, 2.45) is 0 Å². The molecule has 1 fully saturated rings. The van der Waals surface area contributed by atoms with Gasteiger partial charge in [0, 0.05) is 5.56 Å². The lowest BCUT2D eigenvalue weighted by atomic mass is 9.95. The molecule has 0 N–H and O–H groups in total. The Bertz CT molecular complexity index is 1520. The van der Waals surface area contributed by atoms with Crippen LogP contribution in [0.5, 0.6) is 0 Å². The van der Waals surface area contributed by atoms with Gasteiger partial charge in [-0.05, 0) is 90.0 Å². The number of hydrogen-bond donors (Lipinski definition) is 0. The number of epoxide rings is 1. The predicted molar refractivity (Wildman–Crippen MR) is 134 cm³/mol. The molecule has 208 valence electrons. The van der Waals surface area contributed by atoms with E-state index in [4.69, 9.17) is 4.74 Å². The van der Waals surface area contributed by atoms with E-state index in [1.54, 1.807) is 0 Å². The van der Waals surface area contributed by atoms with E-state index in [9.17, 15) is 35.1 Å². The number of rotatable bonds is 8. The van der Waals surface area contributed by atoms with E-state index in [1.165, 1.54) is 0 Å². The number of hydrogen-bond acceptors (Lipinski definition) is 1. The van der Waals surface area contributed by atoms with E-state index < -0.39 is 69.3 Å². The Balaban J connectivity index is 1.38. The van der Waals surface area contributed by atoms with Crippen LogP contribution in [0.1, 0.15) is 41.7 Å². The van der Waals surface area contributed by atoms with Crippen molar-refractivity contribution in [1.82, 2.24) is 0 Å². The Kier molecular flexibility index (Phi) is 7.68. The second kappa shape index (κ2) is 11.0. The van der Waals surface area contributed by atoms with Crippen LogP contribution in [0.4, 0.5) is 35.1 Å². The smallest absolute Gasteiger partial charge is 0.134 e. The van der Waals surface area contributed by atoms with Gasteiger partial charge in [-0.2, -0.15) is 0 Å². The fourth-order valence-corrected chi connectivity index (χ4v) is 4.89. The number of ether oxygens (including phenoxy) is 1. The van der Waals surface area contributed by atoms with Crippen molar-refractivity contribution in [3.8, 4) is 22.3 Å². The van der Waals surface area contributed by atoms with E-state index >= 15 is 0 Å². The molecule has 1 aliphatic rings. The van der Waals surface area contributed by atoms with E-state index in [-0.39, 0.29) is 41.7 Å². The molecule has 1 saturated heterocycles. The van der Waals surface area contributed by atoms with Crippen LogP contribution in [0, 0.1) is 46.5 Å². The van der Waals surface area contributed by atoms with Crippen molar-refractivity contribution in [1.29, 1.82) is 0 Å². The molecule has 1 atom stereocenters. The molecule has 1 nitrogen and oxygen atoms in total. The van der Waals surface area contributed by atoms with Crippen molar-refractivity contribution < 1.29 is 39.9 Å². The first-order valence-corrected chi connectivity index (χ1v) is 12.6. The summed E-state index contributed by atoms with van der Waals surface area (Å²) in [6.45, 7) is 1.99. The SMILES string of the molecule is CCCc1cc(F)c(-c2cc(F)c(CCc3cc(F)c(-c4cc(F)c(C5CO5)c(F)c4)c(F)c3)c(F)c2)c(F)c1. The highest BCUT2D eigenvalue weighted by molar-refractivity contribution is 5.67. The van der Waals surface area contributed by atoms with Crippen LogP contribution in [-0.4, -0.2) is 6.61 Å². The molecule has 0 spiro atoms. The van der Waals surface area contributed by atoms with Gasteiger partial charge in [-0.3, -0.25) is 0 Å². The summed E-state index contributed by atoms with van der Waals surface area (Å²) in [5.74, 6) is -8.26. The molecule has 0 amide bonds. The van der Waals surface area contributed by atoms with Gasteiger partial charge >= 0.3 is 0 Å². The third-order valence-corrected chi connectivity index (χ3v) is 6.86. The molecule has 1 heterocycles. The van der Waals surface area contributed by atoms with Crippen LogP contribution in [0.3, 0.4) is 0 Å². The summed E-state index contributed by atoms with van der Waals surface area (Å²) in [5, 5.41) is 0. The van der Waals surface area contributed by atoms with E-state index in [2.05, 4.69) is 0 Å². The van der Waals surface area contributed by atoms with Crippen molar-refractivity contribution in [2.45, 2.75) is 38.7 Å². The first kappa shape index (κ1) is 27.8. The Hall–Kier alpha value is -3.72. The number of aryl methyl sites for hydroxylation is 2. The van der Waals surface area contributed by atoms with Crippen molar-refractivity contribution in [2.75, 3.05) is 6.61 Å². The van der Waals surface area contributed by atoms with Crippen molar-refractivity contribution >= 4 is 0 Å². The van der Waals surface area contributed by atoms with Crippen LogP contribution in [0.15, 0.2) is 48.5 Å². The molecule has 5 rings (SSSR count). The average Bonchev–Trinajstić information content (AvgIpc) is 3.68. The van der Waals surface area contributed by atoms with Crippen molar-refractivity contribution in [3.05, 3.63) is 117 Å². The third-order valence-electron chi connectivity index (χ3n) is 6.86. The highest BCUT2D eigenvalue weighted by atomic mass is 19.2. The van der Waals surface area contributed by atoms with Gasteiger partial charge in [-0.25, -0.2) is 35.1 Å². The highest BCUT2D eigenvalue weighted by Gasteiger charge is 2.32. The van der Waals surface area contributed by atoms with Gasteiger partial charge in [0.1, 0.15) is 52.6 Å². The minimum Gasteiger partial charge on any atom is -0.368 e. The maximum Gasteiger partial charge on any atom is 0.134 e. The fraction of sp³-hybridized carbons (Fsp3) is 0.226. The van der Waals surface area contributed by atoms with E-state index in [1.807, 2.05) is 6.92 Å². The normalized spacial score (nSPS) is 14.6. The van der Waals surface area contributed by atoms with E-state index in [0.717, 1.165) is 48.5 Å². The Morgan fingerprint density at radius 1 is 0.550 bits per heavy atom. The topological polar surface area (TPSA) is 12.5 Å². The van der Waals surface area contributed by atoms with Gasteiger partial charge in [-0.1, -0.05) is 13.3 Å². The summed E-state index contributed by atoms with van der Waals surface area (Å²) in [6.07, 6.45) is -0.154. The van der Waals surface area contributed by atoms with Gasteiger partial charge in [0.15, 0.2) is 0 Å². The summed E-state index contributed by atoms with van der Waals surface area (Å²) in [4.78, 5) is 0. The Morgan fingerprint density at radius 3 is 1.35 bits per heavy atom. The standard InChI is InChI=1S/C31H22F8O/c1-2-3-15-6-22(34)29(23(35)7-15)17-10-20(32)19(21(33)11-17)5-4-16-8-24(36)30(25(37)9-16)18-12-26(38)31(27(39)13-18)28-14-40-28/h6-13,28H,2-5,14H2,1H3. The zero-order chi connectivity index (χ0) is 28.7. The van der Waals surface area contributed by atoms with Gasteiger partial charge in [0.25, 0.3) is 0 Å². The summed E-state index contributed by atoms with van der Waals surface area (Å²) in [7, 11) is 0. The highest BCUT2D eigenvalue weighted by Crippen LogP contribution is 2.37. The first-order chi connectivity index (χ1) is 19.1. The van der Waals surface area contributed by atoms with Crippen LogP contribution >= 0.6 is 0 Å². The molecule has 1 aliphatic heterocycles. The molecular weight excluding hydrogens is 540 g/mol. The second-order valence-corrected chi connectivity index (χ2v) is 9.71. The lowest BCUT2D eigenvalue weighted by Gasteiger charge is -2.13. The van der Waals surface area contributed by atoms with Gasteiger partial charge in [0.2, 0.25) is 0 Å². The monoisotopic (exact) mass is 562 g/mol. The average molecular weight is 563 g/mol. The maximum absolute atomic E-state index is 14.9. The lowest BCUT2D eigenvalue weighted by Crippen LogP contribution is -2.03. The molecule has 0 aliphatic carbocycles. The first-order valence-electron chi connectivity index (χ1n) is 12.6. The van der Waals surface area contributed by atoms with E-state index in [0.29, 0.717) is 18.4 Å². The zero-order valence-electron chi connectivity index (χ0n) is 21.2. The predicted octanol–water partition coefficient (Wildman–Crippen LogP) is 8.94. The molecule has 4 aromatic rings. The number of benzene rings is 4. The minimum atomic E-state index is -1.11. The van der Waals surface area contributed by atoms with Gasteiger partial charge in [0.05, 0.1) is 23.3 Å². The van der Waals surface area contributed by atoms with Crippen molar-refractivity contribution in [3.63, 3.8) is 0 Å². The van der Waals surface area contributed by atoms with Crippen LogP contribution in [-0.2, 0) is 24.0 Å². The Morgan fingerprint density at radius 2 is 0.950 bits per heavy atom. The molecule has 4 aromatic carbocycles. The zero-order valence-corrected chi connectivity index (χ0v) is 21.2. The number of halogens is 8. The molecule has 0 aromatic heterocycles. The lowest BCUT2D eigenvalue weighted by molar-refractivity contribution is 0.398. The fourth-order valence-electron chi connectivity index (χ4n) is 4.89. The van der Waals surface area contributed by atoms with Crippen LogP contribution in [0.25, 0.3) is 22.3 Å². The van der Waals surface area contributed by atoms with Crippen LogP contribution < -0.4 is 0 Å². The molecule has 0 radical (unpaired) electrons. The summed E-state index contributed by atoms with van der Waals surface area (Å²) in [5.41, 5.74) is -2.17. The quantitative estimate of drug-likeness (QED) is 0.154. The second-order valence-electron chi connectivity index (χ2n) is 9.71. The Labute approximate surface area is 225 Å². The van der Waals surface area contributed by atoms with Crippen LogP contribution in [0.2, 0.25) is 0 Å². The molecule has 0 bridgehead atoms. The largest absolute Gasteiger partial charge is 0.368 e. The summed E-state index contributed by atoms with van der Waals surface area (Å²) < 4.78 is 122. The third kappa shape index (κ3) is 5.47. The molecule has 40 heavy (non-hydrogen) atoms. The summed E-state index contributed by atoms with van der Waals surface area (Å²) in [6, 6.07) is 7.32. The summed E-state index contributed by atoms with van der Waals surface area (Å²) >= 11 is 0. The molecule has 0 saturated carbocycles. The maximum atomic E-state index is 14.9. The molecule has 1 unspecified atom stereocenters. The minimum absolute atomic E-state index is 0.0363.